The van der Waals surface area contributed by atoms with Gasteiger partial charge in [-0.25, -0.2) is 0 Å². The molecular weight excluding hydrogens is 494 g/mol. The number of nitrogen functional groups attached to an aromatic ring is 1. The molecule has 0 aliphatic rings. The molecule has 1 unspecified atom stereocenters. The first-order chi connectivity index (χ1) is 17.4. The number of nitrogens with two attached hydrogens (primary N) is 2. The predicted molar refractivity (Wildman–Crippen MR) is 143 cm³/mol. The zero-order valence-corrected chi connectivity index (χ0v) is 22.4. The lowest BCUT2D eigenvalue weighted by Crippen LogP contribution is -2.49. The highest BCUT2D eigenvalue weighted by Gasteiger charge is 2.37. The number of nitrogens with zero attached hydrogens (tertiary/aromatic N) is 2. The van der Waals surface area contributed by atoms with E-state index >= 15 is 0 Å². The molecule has 2 aromatic carbocycles. The number of aromatic nitrogens is 1. The first-order valence-electron chi connectivity index (χ1n) is 11.4. The van der Waals surface area contributed by atoms with Gasteiger partial charge in [-0.1, -0.05) is 18.2 Å². The third kappa shape index (κ3) is 6.00. The zero-order chi connectivity index (χ0) is 27.5. The van der Waals surface area contributed by atoms with Crippen molar-refractivity contribution in [1.82, 2.24) is 9.69 Å². The number of aryl methyl sites for hydroxylation is 1. The summed E-state index contributed by atoms with van der Waals surface area (Å²) in [5, 5.41) is 2.97. The number of carbonyl (C=O) groups excluding carboxylic acids is 3. The lowest BCUT2D eigenvalue weighted by atomic mass is 9.99. The fourth-order valence-corrected chi connectivity index (χ4v) is 4.52. The van der Waals surface area contributed by atoms with E-state index in [4.69, 9.17) is 20.9 Å². The van der Waals surface area contributed by atoms with Crippen LogP contribution in [0.4, 0.5) is 11.4 Å². The van der Waals surface area contributed by atoms with Crippen molar-refractivity contribution in [3.05, 3.63) is 64.2 Å². The Morgan fingerprint density at radius 1 is 1.05 bits per heavy atom. The van der Waals surface area contributed by atoms with Gasteiger partial charge >= 0.3 is 0 Å². The lowest BCUT2D eigenvalue weighted by Gasteiger charge is -2.34. The number of primary amides is 1. The second-order valence-corrected chi connectivity index (χ2v) is 10.2. The van der Waals surface area contributed by atoms with Crippen LogP contribution in [-0.4, -0.2) is 41.9 Å². The van der Waals surface area contributed by atoms with Crippen molar-refractivity contribution in [3.8, 4) is 11.5 Å². The van der Waals surface area contributed by atoms with E-state index in [0.29, 0.717) is 22.7 Å². The molecule has 0 bridgehead atoms. The van der Waals surface area contributed by atoms with Crippen molar-refractivity contribution in [2.75, 3.05) is 24.9 Å². The van der Waals surface area contributed by atoms with Crippen molar-refractivity contribution in [3.63, 3.8) is 0 Å². The minimum Gasteiger partial charge on any atom is -0.493 e. The van der Waals surface area contributed by atoms with Gasteiger partial charge < -0.3 is 26.3 Å². The largest absolute Gasteiger partial charge is 0.493 e. The fraction of sp³-hybridized carbons (Fsp3) is 0.308. The molecule has 196 valence electrons. The van der Waals surface area contributed by atoms with E-state index < -0.39 is 29.3 Å². The van der Waals surface area contributed by atoms with Crippen LogP contribution in [0.1, 0.15) is 58.1 Å². The number of methoxy groups -OCH3 is 2. The van der Waals surface area contributed by atoms with Gasteiger partial charge in [0.2, 0.25) is 5.91 Å². The second kappa shape index (κ2) is 10.9. The van der Waals surface area contributed by atoms with Crippen LogP contribution in [0.5, 0.6) is 11.5 Å². The highest BCUT2D eigenvalue weighted by atomic mass is 32.1. The molecule has 11 heteroatoms. The zero-order valence-electron chi connectivity index (χ0n) is 21.6. The molecule has 0 fully saturated rings. The normalized spacial score (nSPS) is 11.9. The quantitative estimate of drug-likeness (QED) is 0.408. The molecule has 1 heterocycles. The van der Waals surface area contributed by atoms with Crippen molar-refractivity contribution in [2.45, 2.75) is 39.3 Å². The molecule has 0 aliphatic heterocycles. The molecule has 0 saturated heterocycles. The average Bonchev–Trinajstić information content (AvgIpc) is 3.22. The van der Waals surface area contributed by atoms with Crippen LogP contribution in [0.2, 0.25) is 0 Å². The Hall–Kier alpha value is -4.12. The molecule has 10 nitrogen and oxygen atoms in total. The molecule has 5 N–H and O–H groups in total. The second-order valence-electron chi connectivity index (χ2n) is 9.41. The van der Waals surface area contributed by atoms with Crippen LogP contribution < -0.4 is 31.2 Å². The number of hydrogen-bond donors (Lipinski definition) is 3. The number of amides is 3. The van der Waals surface area contributed by atoms with Gasteiger partial charge in [0.05, 0.1) is 19.9 Å². The Balaban J connectivity index is 2.29. The summed E-state index contributed by atoms with van der Waals surface area (Å²) >= 11 is 0.748. The standard InChI is InChI=1S/C26H31N5O5S/c1-14-8-7-9-16(12-14)31(25(34)22-19(27)20(23(28)32)30-37-22)21(24(33)29-26(2,3)4)15-10-11-17(35-5)18(13-15)36-6/h7-13,21H,27H2,1-6H3,(H2,28,32)(H,29,33). The highest BCUT2D eigenvalue weighted by Crippen LogP contribution is 2.37. The summed E-state index contributed by atoms with van der Waals surface area (Å²) < 4.78 is 14.8. The van der Waals surface area contributed by atoms with E-state index in [-0.39, 0.29) is 16.3 Å². The monoisotopic (exact) mass is 525 g/mol. The molecule has 3 rings (SSSR count). The number of ether oxygens (including phenoxy) is 2. The molecular formula is C26H31N5O5S. The summed E-state index contributed by atoms with van der Waals surface area (Å²) in [6.45, 7) is 7.40. The molecule has 0 radical (unpaired) electrons. The van der Waals surface area contributed by atoms with Crippen LogP contribution in [0.3, 0.4) is 0 Å². The van der Waals surface area contributed by atoms with Crippen LogP contribution >= 0.6 is 11.5 Å². The van der Waals surface area contributed by atoms with Crippen LogP contribution in [-0.2, 0) is 4.79 Å². The summed E-state index contributed by atoms with van der Waals surface area (Å²) in [5.41, 5.74) is 12.3. The Labute approximate surface area is 219 Å². The SMILES string of the molecule is COc1ccc(C(C(=O)NC(C)(C)C)N(C(=O)c2snc(C(N)=O)c2N)c2cccc(C)c2)cc1OC. The summed E-state index contributed by atoms with van der Waals surface area (Å²) in [6.07, 6.45) is 0. The number of nitrogens with one attached hydrogen (secondary N) is 1. The number of anilines is 2. The maximum absolute atomic E-state index is 14.1. The van der Waals surface area contributed by atoms with Gasteiger partial charge in [-0.3, -0.25) is 19.3 Å². The van der Waals surface area contributed by atoms with Gasteiger partial charge in [0.1, 0.15) is 10.9 Å². The predicted octanol–water partition coefficient (Wildman–Crippen LogP) is 3.45. The molecule has 0 saturated carbocycles. The smallest absolute Gasteiger partial charge is 0.273 e. The number of carbonyl (C=O) groups is 3. The Morgan fingerprint density at radius 3 is 2.27 bits per heavy atom. The van der Waals surface area contributed by atoms with Crippen molar-refractivity contribution in [1.29, 1.82) is 0 Å². The first-order valence-corrected chi connectivity index (χ1v) is 12.1. The number of hydrogen-bond acceptors (Lipinski definition) is 8. The van der Waals surface area contributed by atoms with Gasteiger partial charge in [0, 0.05) is 11.2 Å². The van der Waals surface area contributed by atoms with E-state index in [2.05, 4.69) is 9.69 Å². The van der Waals surface area contributed by atoms with Gasteiger partial charge in [-0.05, 0) is 74.6 Å². The molecule has 3 amide bonds. The van der Waals surface area contributed by atoms with Crippen LogP contribution in [0.25, 0.3) is 0 Å². The average molecular weight is 526 g/mol. The van der Waals surface area contributed by atoms with Gasteiger partial charge in [-0.2, -0.15) is 4.37 Å². The van der Waals surface area contributed by atoms with Crippen LogP contribution in [0, 0.1) is 6.92 Å². The first kappa shape index (κ1) is 27.5. The molecule has 0 aliphatic carbocycles. The van der Waals surface area contributed by atoms with Crippen molar-refractivity contribution < 1.29 is 23.9 Å². The third-order valence-electron chi connectivity index (χ3n) is 5.38. The summed E-state index contributed by atoms with van der Waals surface area (Å²) in [4.78, 5) is 41.0. The summed E-state index contributed by atoms with van der Waals surface area (Å²) in [6, 6.07) is 11.0. The Kier molecular flexibility index (Phi) is 8.07. The fourth-order valence-electron chi connectivity index (χ4n) is 3.78. The van der Waals surface area contributed by atoms with E-state index in [9.17, 15) is 14.4 Å². The Bertz CT molecular complexity index is 1330. The molecule has 3 aromatic rings. The topological polar surface area (TPSA) is 150 Å². The van der Waals surface area contributed by atoms with E-state index in [1.165, 1.54) is 19.1 Å². The summed E-state index contributed by atoms with van der Waals surface area (Å²) in [7, 11) is 2.99. The number of benzene rings is 2. The van der Waals surface area contributed by atoms with Gasteiger partial charge in [0.25, 0.3) is 11.8 Å². The van der Waals surface area contributed by atoms with E-state index in [1.54, 1.807) is 36.4 Å². The molecule has 1 aromatic heterocycles. The van der Waals surface area contributed by atoms with Gasteiger partial charge in [0.15, 0.2) is 17.2 Å². The number of rotatable bonds is 8. The maximum atomic E-state index is 14.1. The molecule has 1 atom stereocenters. The van der Waals surface area contributed by atoms with Crippen molar-refractivity contribution in [2.24, 2.45) is 5.73 Å². The van der Waals surface area contributed by atoms with E-state index in [1.807, 2.05) is 33.8 Å². The lowest BCUT2D eigenvalue weighted by molar-refractivity contribution is -0.123. The molecule has 0 spiro atoms. The summed E-state index contributed by atoms with van der Waals surface area (Å²) in [5.74, 6) is -1.05. The third-order valence-corrected chi connectivity index (χ3v) is 6.23. The Morgan fingerprint density at radius 2 is 1.73 bits per heavy atom. The highest BCUT2D eigenvalue weighted by molar-refractivity contribution is 7.09. The minimum atomic E-state index is -1.15. The maximum Gasteiger partial charge on any atom is 0.273 e. The minimum absolute atomic E-state index is 0.00987. The van der Waals surface area contributed by atoms with E-state index in [0.717, 1.165) is 17.1 Å². The molecule has 37 heavy (non-hydrogen) atoms. The van der Waals surface area contributed by atoms with Crippen molar-refractivity contribution >= 4 is 40.6 Å². The van der Waals surface area contributed by atoms with Crippen LogP contribution in [0.15, 0.2) is 42.5 Å². The van der Waals surface area contributed by atoms with Gasteiger partial charge in [-0.15, -0.1) is 0 Å².